The van der Waals surface area contributed by atoms with E-state index in [9.17, 15) is 4.79 Å². The van der Waals surface area contributed by atoms with Crippen LogP contribution in [-0.2, 0) is 4.79 Å². The number of hydrogen-bond acceptors (Lipinski definition) is 3. The van der Waals surface area contributed by atoms with Gasteiger partial charge in [-0.3, -0.25) is 4.79 Å². The second kappa shape index (κ2) is 7.67. The van der Waals surface area contributed by atoms with E-state index in [2.05, 4.69) is 24.5 Å². The molecule has 0 unspecified atom stereocenters. The predicted octanol–water partition coefficient (Wildman–Crippen LogP) is 2.58. The Bertz CT molecular complexity index is 417. The lowest BCUT2D eigenvalue weighted by Gasteiger charge is -2.11. The lowest BCUT2D eigenvalue weighted by atomic mass is 10.1. The fourth-order valence-corrected chi connectivity index (χ4v) is 1.73. The predicted molar refractivity (Wildman–Crippen MR) is 78.7 cm³/mol. The van der Waals surface area contributed by atoms with Crippen LogP contribution < -0.4 is 15.4 Å². The van der Waals surface area contributed by atoms with Gasteiger partial charge in [-0.25, -0.2) is 0 Å². The number of benzene rings is 1. The molecule has 0 aromatic heterocycles. The van der Waals surface area contributed by atoms with E-state index in [1.807, 2.05) is 25.1 Å². The van der Waals surface area contributed by atoms with Crippen LogP contribution in [0, 0.1) is 12.8 Å². The van der Waals surface area contributed by atoms with Crippen molar-refractivity contribution in [1.82, 2.24) is 5.32 Å². The van der Waals surface area contributed by atoms with Crippen molar-refractivity contribution < 1.29 is 9.53 Å². The van der Waals surface area contributed by atoms with Crippen LogP contribution in [0.3, 0.4) is 0 Å². The van der Waals surface area contributed by atoms with E-state index < -0.39 is 0 Å². The van der Waals surface area contributed by atoms with Crippen LogP contribution >= 0.6 is 0 Å². The Labute approximate surface area is 115 Å². The molecular weight excluding hydrogens is 240 g/mol. The number of methoxy groups -OCH3 is 1. The summed E-state index contributed by atoms with van der Waals surface area (Å²) in [7, 11) is 1.65. The molecule has 1 aromatic carbocycles. The molecule has 1 rings (SSSR count). The normalized spacial score (nSPS) is 10.4. The van der Waals surface area contributed by atoms with Crippen LogP contribution in [0.5, 0.6) is 5.75 Å². The van der Waals surface area contributed by atoms with E-state index in [4.69, 9.17) is 4.74 Å². The van der Waals surface area contributed by atoms with Gasteiger partial charge in [-0.2, -0.15) is 0 Å². The van der Waals surface area contributed by atoms with E-state index in [1.54, 1.807) is 7.11 Å². The summed E-state index contributed by atoms with van der Waals surface area (Å²) in [6, 6.07) is 5.78. The summed E-state index contributed by atoms with van der Waals surface area (Å²) in [5.41, 5.74) is 1.98. The first-order valence-corrected chi connectivity index (χ1v) is 6.68. The minimum absolute atomic E-state index is 0.0223. The molecule has 106 valence electrons. The Hall–Kier alpha value is -1.71. The van der Waals surface area contributed by atoms with E-state index in [1.165, 1.54) is 0 Å². The molecule has 0 saturated heterocycles. The van der Waals surface area contributed by atoms with Crippen molar-refractivity contribution >= 4 is 11.6 Å². The topological polar surface area (TPSA) is 50.4 Å². The molecule has 0 bridgehead atoms. The average molecular weight is 264 g/mol. The van der Waals surface area contributed by atoms with Crippen LogP contribution in [0.25, 0.3) is 0 Å². The van der Waals surface area contributed by atoms with Crippen molar-refractivity contribution in [3.63, 3.8) is 0 Å². The van der Waals surface area contributed by atoms with Crippen molar-refractivity contribution in [2.24, 2.45) is 5.92 Å². The first kappa shape index (κ1) is 15.3. The highest BCUT2D eigenvalue weighted by atomic mass is 16.5. The zero-order valence-electron chi connectivity index (χ0n) is 12.2. The van der Waals surface area contributed by atoms with Gasteiger partial charge in [0.2, 0.25) is 5.91 Å². The zero-order valence-corrected chi connectivity index (χ0v) is 12.2. The molecule has 19 heavy (non-hydrogen) atoms. The summed E-state index contributed by atoms with van der Waals surface area (Å²) in [5.74, 6) is 1.48. The van der Waals surface area contributed by atoms with Crippen molar-refractivity contribution in [3.8, 4) is 5.75 Å². The van der Waals surface area contributed by atoms with Gasteiger partial charge in [0.1, 0.15) is 5.75 Å². The van der Waals surface area contributed by atoms with Gasteiger partial charge in [-0.1, -0.05) is 13.8 Å². The molecule has 0 atom stereocenters. The first-order chi connectivity index (χ1) is 9.02. The van der Waals surface area contributed by atoms with Gasteiger partial charge in [-0.15, -0.1) is 0 Å². The summed E-state index contributed by atoms with van der Waals surface area (Å²) in [6.07, 6.45) is 1.01. The van der Waals surface area contributed by atoms with Crippen LogP contribution in [0.2, 0.25) is 0 Å². The van der Waals surface area contributed by atoms with Gasteiger partial charge in [-0.05, 0) is 43.0 Å². The molecule has 4 nitrogen and oxygen atoms in total. The highest BCUT2D eigenvalue weighted by Crippen LogP contribution is 2.21. The number of ether oxygens (including phenoxy) is 1. The molecule has 1 aromatic rings. The molecular formula is C15H24N2O2. The summed E-state index contributed by atoms with van der Waals surface area (Å²) < 4.78 is 5.19. The molecule has 0 heterocycles. The maximum atomic E-state index is 11.6. The molecule has 1 amide bonds. The minimum atomic E-state index is 0.0223. The monoisotopic (exact) mass is 264 g/mol. The number of nitrogens with one attached hydrogen (secondary N) is 2. The zero-order chi connectivity index (χ0) is 14.3. The lowest BCUT2D eigenvalue weighted by molar-refractivity contribution is -0.119. The maximum absolute atomic E-state index is 11.6. The Kier molecular flexibility index (Phi) is 6.19. The van der Waals surface area contributed by atoms with Crippen molar-refractivity contribution in [2.75, 3.05) is 25.5 Å². The number of hydrogen-bond donors (Lipinski definition) is 2. The Morgan fingerprint density at radius 3 is 2.68 bits per heavy atom. The minimum Gasteiger partial charge on any atom is -0.496 e. The number of anilines is 1. The number of amides is 1. The molecule has 0 aliphatic rings. The lowest BCUT2D eigenvalue weighted by Crippen LogP contribution is -2.31. The largest absolute Gasteiger partial charge is 0.496 e. The van der Waals surface area contributed by atoms with Gasteiger partial charge >= 0.3 is 0 Å². The van der Waals surface area contributed by atoms with E-state index in [0.717, 1.165) is 30.0 Å². The van der Waals surface area contributed by atoms with E-state index >= 15 is 0 Å². The third-order valence-corrected chi connectivity index (χ3v) is 2.89. The molecule has 2 N–H and O–H groups in total. The maximum Gasteiger partial charge on any atom is 0.239 e. The van der Waals surface area contributed by atoms with Gasteiger partial charge in [0.15, 0.2) is 0 Å². The average Bonchev–Trinajstić information content (AvgIpc) is 2.36. The van der Waals surface area contributed by atoms with Gasteiger partial charge in [0.25, 0.3) is 0 Å². The van der Waals surface area contributed by atoms with Crippen molar-refractivity contribution in [3.05, 3.63) is 23.8 Å². The molecule has 0 aliphatic carbocycles. The highest BCUT2D eigenvalue weighted by molar-refractivity contribution is 5.80. The molecule has 0 fully saturated rings. The molecule has 4 heteroatoms. The van der Waals surface area contributed by atoms with E-state index in [-0.39, 0.29) is 5.91 Å². The molecule has 0 spiro atoms. The number of rotatable bonds is 7. The summed E-state index contributed by atoms with van der Waals surface area (Å²) in [5, 5.41) is 6.00. The van der Waals surface area contributed by atoms with Crippen LogP contribution in [-0.4, -0.2) is 26.1 Å². The van der Waals surface area contributed by atoms with Crippen molar-refractivity contribution in [1.29, 1.82) is 0 Å². The van der Waals surface area contributed by atoms with Crippen LogP contribution in [0.4, 0.5) is 5.69 Å². The summed E-state index contributed by atoms with van der Waals surface area (Å²) >= 11 is 0. The molecule has 0 radical (unpaired) electrons. The molecule has 0 aliphatic heterocycles. The van der Waals surface area contributed by atoms with Gasteiger partial charge < -0.3 is 15.4 Å². The third kappa shape index (κ3) is 5.64. The Balaban J connectivity index is 2.36. The Morgan fingerprint density at radius 2 is 2.11 bits per heavy atom. The smallest absolute Gasteiger partial charge is 0.239 e. The van der Waals surface area contributed by atoms with E-state index in [0.29, 0.717) is 12.5 Å². The van der Waals surface area contributed by atoms with Gasteiger partial charge in [0, 0.05) is 12.2 Å². The van der Waals surface area contributed by atoms with Crippen LogP contribution in [0.15, 0.2) is 18.2 Å². The third-order valence-electron chi connectivity index (χ3n) is 2.89. The van der Waals surface area contributed by atoms with Crippen LogP contribution in [0.1, 0.15) is 25.8 Å². The standard InChI is InChI=1S/C15H24N2O2/c1-11(2)7-8-16-15(18)10-17-13-5-6-14(19-4)12(3)9-13/h5-6,9,11,17H,7-8,10H2,1-4H3,(H,16,18). The second-order valence-corrected chi connectivity index (χ2v) is 5.07. The SMILES string of the molecule is COc1ccc(NCC(=O)NCCC(C)C)cc1C. The Morgan fingerprint density at radius 1 is 1.37 bits per heavy atom. The molecule has 0 saturated carbocycles. The summed E-state index contributed by atoms with van der Waals surface area (Å²) in [6.45, 7) is 7.30. The number of carbonyl (C=O) groups excluding carboxylic acids is 1. The number of carbonyl (C=O) groups is 1. The highest BCUT2D eigenvalue weighted by Gasteiger charge is 2.03. The second-order valence-electron chi connectivity index (χ2n) is 5.07. The fraction of sp³-hybridized carbons (Fsp3) is 0.533. The quantitative estimate of drug-likeness (QED) is 0.796. The first-order valence-electron chi connectivity index (χ1n) is 6.68. The van der Waals surface area contributed by atoms with Gasteiger partial charge in [0.05, 0.1) is 13.7 Å². The summed E-state index contributed by atoms with van der Waals surface area (Å²) in [4.78, 5) is 11.6. The van der Waals surface area contributed by atoms with Crippen molar-refractivity contribution in [2.45, 2.75) is 27.2 Å². The number of aryl methyl sites for hydroxylation is 1. The fourth-order valence-electron chi connectivity index (χ4n) is 1.73.